The molecule has 0 radical (unpaired) electrons. The summed E-state index contributed by atoms with van der Waals surface area (Å²) < 4.78 is 1.14. The molecule has 0 amide bonds. The minimum atomic E-state index is 0.733. The number of hydrogen-bond acceptors (Lipinski definition) is 2. The molecule has 15 heavy (non-hydrogen) atoms. The zero-order chi connectivity index (χ0) is 10.7. The predicted molar refractivity (Wildman–Crippen MR) is 68.1 cm³/mol. The van der Waals surface area contributed by atoms with E-state index in [9.17, 15) is 0 Å². The van der Waals surface area contributed by atoms with Crippen molar-refractivity contribution in [2.24, 2.45) is 11.7 Å². The first kappa shape index (κ1) is 11.0. The van der Waals surface area contributed by atoms with E-state index in [0.29, 0.717) is 0 Å². The van der Waals surface area contributed by atoms with E-state index in [1.807, 2.05) is 0 Å². The number of piperidine rings is 1. The van der Waals surface area contributed by atoms with Crippen LogP contribution in [0.1, 0.15) is 12.8 Å². The molecular weight excluding hydrogens is 252 g/mol. The summed E-state index contributed by atoms with van der Waals surface area (Å²) in [5, 5.41) is 0. The third-order valence-corrected chi connectivity index (χ3v) is 3.67. The van der Waals surface area contributed by atoms with Crippen LogP contribution < -0.4 is 10.6 Å². The molecule has 0 bridgehead atoms. The van der Waals surface area contributed by atoms with Gasteiger partial charge in [-0.1, -0.05) is 15.9 Å². The fourth-order valence-electron chi connectivity index (χ4n) is 2.08. The average Bonchev–Trinajstić information content (AvgIpc) is 2.30. The molecule has 1 aliphatic heterocycles. The summed E-state index contributed by atoms with van der Waals surface area (Å²) in [5.41, 5.74) is 7.01. The molecule has 0 saturated carbocycles. The van der Waals surface area contributed by atoms with Crippen LogP contribution in [0.25, 0.3) is 0 Å². The third kappa shape index (κ3) is 2.73. The van der Waals surface area contributed by atoms with Crippen molar-refractivity contribution < 1.29 is 0 Å². The average molecular weight is 269 g/mol. The molecule has 1 aromatic carbocycles. The van der Waals surface area contributed by atoms with Crippen molar-refractivity contribution in [3.8, 4) is 0 Å². The topological polar surface area (TPSA) is 29.3 Å². The second-order valence-electron chi connectivity index (χ2n) is 4.14. The predicted octanol–water partition coefficient (Wildman–Crippen LogP) is 2.62. The van der Waals surface area contributed by atoms with E-state index in [4.69, 9.17) is 5.73 Å². The highest BCUT2D eigenvalue weighted by atomic mass is 79.9. The van der Waals surface area contributed by atoms with Crippen LogP contribution in [-0.4, -0.2) is 19.6 Å². The van der Waals surface area contributed by atoms with Crippen molar-refractivity contribution in [3.05, 3.63) is 28.7 Å². The Morgan fingerprint density at radius 2 is 1.80 bits per heavy atom. The molecule has 0 spiro atoms. The van der Waals surface area contributed by atoms with Gasteiger partial charge >= 0.3 is 0 Å². The van der Waals surface area contributed by atoms with E-state index in [-0.39, 0.29) is 0 Å². The number of halogens is 1. The van der Waals surface area contributed by atoms with Gasteiger partial charge in [-0.3, -0.25) is 0 Å². The second kappa shape index (κ2) is 4.99. The van der Waals surface area contributed by atoms with Crippen molar-refractivity contribution in [3.63, 3.8) is 0 Å². The molecule has 1 aliphatic rings. The molecule has 0 aliphatic carbocycles. The van der Waals surface area contributed by atoms with Crippen molar-refractivity contribution in [1.29, 1.82) is 0 Å². The molecule has 1 saturated heterocycles. The molecule has 1 fully saturated rings. The molecular formula is C12H17BrN2. The molecule has 0 atom stereocenters. The fraction of sp³-hybridized carbons (Fsp3) is 0.500. The Labute approximate surface area is 99.6 Å². The lowest BCUT2D eigenvalue weighted by molar-refractivity contribution is 0.414. The van der Waals surface area contributed by atoms with Crippen LogP contribution in [0.2, 0.25) is 0 Å². The van der Waals surface area contributed by atoms with E-state index in [1.165, 1.54) is 18.5 Å². The fourth-order valence-corrected chi connectivity index (χ4v) is 2.34. The lowest BCUT2D eigenvalue weighted by Gasteiger charge is -2.33. The van der Waals surface area contributed by atoms with E-state index in [1.54, 1.807) is 0 Å². The Bertz CT molecular complexity index is 302. The lowest BCUT2D eigenvalue weighted by Crippen LogP contribution is -2.35. The molecule has 2 rings (SSSR count). The SMILES string of the molecule is NCC1CCN(c2ccc(Br)cc2)CC1. The van der Waals surface area contributed by atoms with Gasteiger partial charge < -0.3 is 10.6 Å². The van der Waals surface area contributed by atoms with Gasteiger partial charge in [0.2, 0.25) is 0 Å². The third-order valence-electron chi connectivity index (χ3n) is 3.14. The van der Waals surface area contributed by atoms with Crippen LogP contribution in [0.15, 0.2) is 28.7 Å². The van der Waals surface area contributed by atoms with Crippen LogP contribution in [-0.2, 0) is 0 Å². The van der Waals surface area contributed by atoms with E-state index >= 15 is 0 Å². The van der Waals surface area contributed by atoms with E-state index < -0.39 is 0 Å². The maximum absolute atomic E-state index is 5.68. The van der Waals surface area contributed by atoms with Crippen LogP contribution in [0.3, 0.4) is 0 Å². The molecule has 0 aromatic heterocycles. The Hall–Kier alpha value is -0.540. The van der Waals surface area contributed by atoms with Gasteiger partial charge in [0.25, 0.3) is 0 Å². The molecule has 2 N–H and O–H groups in total. The molecule has 3 heteroatoms. The van der Waals surface area contributed by atoms with Gasteiger partial charge in [-0.2, -0.15) is 0 Å². The summed E-state index contributed by atoms with van der Waals surface area (Å²) in [6, 6.07) is 8.55. The Morgan fingerprint density at radius 1 is 1.20 bits per heavy atom. The van der Waals surface area contributed by atoms with E-state index in [0.717, 1.165) is 30.0 Å². The van der Waals surface area contributed by atoms with Gasteiger partial charge in [-0.25, -0.2) is 0 Å². The molecule has 2 nitrogen and oxygen atoms in total. The van der Waals surface area contributed by atoms with Gasteiger partial charge in [-0.15, -0.1) is 0 Å². The first-order valence-corrected chi connectivity index (χ1v) is 6.29. The number of rotatable bonds is 2. The largest absolute Gasteiger partial charge is 0.372 e. The highest BCUT2D eigenvalue weighted by molar-refractivity contribution is 9.10. The summed E-state index contributed by atoms with van der Waals surface area (Å²) in [5.74, 6) is 0.733. The van der Waals surface area contributed by atoms with Gasteiger partial charge in [0.05, 0.1) is 0 Å². The number of nitrogens with two attached hydrogens (primary N) is 1. The van der Waals surface area contributed by atoms with Gasteiger partial charge in [0.15, 0.2) is 0 Å². The standard InChI is InChI=1S/C12H17BrN2/c13-11-1-3-12(4-2-11)15-7-5-10(9-14)6-8-15/h1-4,10H,5-9,14H2. The maximum Gasteiger partial charge on any atom is 0.0366 e. The Kier molecular flexibility index (Phi) is 3.65. The van der Waals surface area contributed by atoms with Crippen LogP contribution in [0, 0.1) is 5.92 Å². The maximum atomic E-state index is 5.68. The zero-order valence-electron chi connectivity index (χ0n) is 8.82. The van der Waals surface area contributed by atoms with Gasteiger partial charge in [0.1, 0.15) is 0 Å². The van der Waals surface area contributed by atoms with Crippen LogP contribution in [0.4, 0.5) is 5.69 Å². The molecule has 1 aromatic rings. The summed E-state index contributed by atoms with van der Waals surface area (Å²) in [6.45, 7) is 3.13. The monoisotopic (exact) mass is 268 g/mol. The number of benzene rings is 1. The summed E-state index contributed by atoms with van der Waals surface area (Å²) in [6.07, 6.45) is 2.46. The van der Waals surface area contributed by atoms with E-state index in [2.05, 4.69) is 45.1 Å². The summed E-state index contributed by atoms with van der Waals surface area (Å²) in [4.78, 5) is 2.44. The summed E-state index contributed by atoms with van der Waals surface area (Å²) in [7, 11) is 0. The first-order valence-electron chi connectivity index (χ1n) is 5.50. The van der Waals surface area contributed by atoms with Crippen molar-refractivity contribution in [2.75, 3.05) is 24.5 Å². The minimum absolute atomic E-state index is 0.733. The molecule has 0 unspecified atom stereocenters. The van der Waals surface area contributed by atoms with Crippen LogP contribution >= 0.6 is 15.9 Å². The van der Waals surface area contributed by atoms with Gasteiger partial charge in [0, 0.05) is 23.2 Å². The van der Waals surface area contributed by atoms with Crippen LogP contribution in [0.5, 0.6) is 0 Å². The second-order valence-corrected chi connectivity index (χ2v) is 5.06. The van der Waals surface area contributed by atoms with Crippen molar-refractivity contribution in [2.45, 2.75) is 12.8 Å². The number of nitrogens with zero attached hydrogens (tertiary/aromatic N) is 1. The molecule has 1 heterocycles. The smallest absolute Gasteiger partial charge is 0.0366 e. The lowest BCUT2D eigenvalue weighted by atomic mass is 9.97. The minimum Gasteiger partial charge on any atom is -0.372 e. The van der Waals surface area contributed by atoms with Crippen molar-refractivity contribution in [1.82, 2.24) is 0 Å². The molecule has 82 valence electrons. The Morgan fingerprint density at radius 3 is 2.33 bits per heavy atom. The Balaban J connectivity index is 1.98. The highest BCUT2D eigenvalue weighted by Gasteiger charge is 2.17. The van der Waals surface area contributed by atoms with Gasteiger partial charge in [-0.05, 0) is 49.6 Å². The highest BCUT2D eigenvalue weighted by Crippen LogP contribution is 2.24. The zero-order valence-corrected chi connectivity index (χ0v) is 10.4. The number of anilines is 1. The van der Waals surface area contributed by atoms with Crippen molar-refractivity contribution >= 4 is 21.6 Å². The quantitative estimate of drug-likeness (QED) is 0.894. The summed E-state index contributed by atoms with van der Waals surface area (Å²) >= 11 is 3.46. The number of hydrogen-bond donors (Lipinski definition) is 1. The normalized spacial score (nSPS) is 18.1. The first-order chi connectivity index (χ1) is 7.29.